The van der Waals surface area contributed by atoms with Crippen LogP contribution in [0.5, 0.6) is 5.75 Å². The zero-order valence-corrected chi connectivity index (χ0v) is 19.2. The molecule has 1 atom stereocenters. The number of rotatable bonds is 8. The molecule has 0 spiro atoms. The van der Waals surface area contributed by atoms with Crippen molar-refractivity contribution in [2.75, 3.05) is 26.0 Å². The molecule has 0 aliphatic carbocycles. The van der Waals surface area contributed by atoms with Gasteiger partial charge in [0.05, 0.1) is 30.2 Å². The molecule has 1 amide bonds. The quantitative estimate of drug-likeness (QED) is 0.492. The summed E-state index contributed by atoms with van der Waals surface area (Å²) < 4.78 is 10.8. The molecule has 3 aromatic rings. The van der Waals surface area contributed by atoms with Gasteiger partial charge in [-0.1, -0.05) is 54.2 Å². The van der Waals surface area contributed by atoms with Crippen LogP contribution in [0.3, 0.4) is 0 Å². The van der Waals surface area contributed by atoms with Gasteiger partial charge in [0.2, 0.25) is 5.91 Å². The van der Waals surface area contributed by atoms with Gasteiger partial charge in [-0.2, -0.15) is 5.26 Å². The van der Waals surface area contributed by atoms with Crippen molar-refractivity contribution in [2.45, 2.75) is 24.0 Å². The van der Waals surface area contributed by atoms with Gasteiger partial charge >= 0.3 is 0 Å². The largest absolute Gasteiger partial charge is 0.497 e. The number of hydrogen-bond donors (Lipinski definition) is 1. The fourth-order valence-corrected chi connectivity index (χ4v) is 4.54. The lowest BCUT2D eigenvalue weighted by Gasteiger charge is -2.14. The molecule has 1 aromatic heterocycles. The highest BCUT2D eigenvalue weighted by atomic mass is 32.2. The van der Waals surface area contributed by atoms with E-state index in [2.05, 4.69) is 11.4 Å². The maximum absolute atomic E-state index is 12.4. The number of nitriles is 1. The van der Waals surface area contributed by atoms with Gasteiger partial charge in [0.25, 0.3) is 0 Å². The van der Waals surface area contributed by atoms with Crippen LogP contribution in [0.25, 0.3) is 22.4 Å². The van der Waals surface area contributed by atoms with Crippen molar-refractivity contribution in [3.63, 3.8) is 0 Å². The summed E-state index contributed by atoms with van der Waals surface area (Å²) in [6.45, 7) is 1.27. The number of aromatic nitrogens is 1. The van der Waals surface area contributed by atoms with Crippen LogP contribution in [0, 0.1) is 11.3 Å². The standard InChI is InChI=1S/C26H25N3O3S/c1-31-20-11-9-18(10-12-20)22-14-24(19-6-3-2-4-7-19)29-26(23(22)15-27)33-17-25(30)28-16-21-8-5-13-32-21/h2-4,6-7,9-12,14,21H,5,8,13,16-17H2,1H3,(H,28,30). The molecule has 0 radical (unpaired) electrons. The number of carbonyl (C=O) groups excluding carboxylic acids is 1. The van der Waals surface area contributed by atoms with E-state index in [9.17, 15) is 10.1 Å². The van der Waals surface area contributed by atoms with Gasteiger partial charge in [0, 0.05) is 24.3 Å². The molecule has 1 N–H and O–H groups in total. The predicted octanol–water partition coefficient (Wildman–Crippen LogP) is 4.68. The monoisotopic (exact) mass is 459 g/mol. The molecule has 0 bridgehead atoms. The lowest BCUT2D eigenvalue weighted by atomic mass is 9.99. The number of ether oxygens (including phenoxy) is 2. The molecule has 4 rings (SSSR count). The Labute approximate surface area is 197 Å². The maximum Gasteiger partial charge on any atom is 0.230 e. The lowest BCUT2D eigenvalue weighted by Crippen LogP contribution is -2.32. The molecule has 2 heterocycles. The van der Waals surface area contributed by atoms with Crippen molar-refractivity contribution < 1.29 is 14.3 Å². The van der Waals surface area contributed by atoms with Gasteiger partial charge in [-0.25, -0.2) is 4.98 Å². The Morgan fingerprint density at radius 2 is 2.00 bits per heavy atom. The number of methoxy groups -OCH3 is 1. The Morgan fingerprint density at radius 1 is 1.21 bits per heavy atom. The summed E-state index contributed by atoms with van der Waals surface area (Å²) in [6.07, 6.45) is 2.10. The van der Waals surface area contributed by atoms with Crippen LogP contribution in [-0.2, 0) is 9.53 Å². The Balaban J connectivity index is 1.62. The van der Waals surface area contributed by atoms with Crippen LogP contribution in [0.2, 0.25) is 0 Å². The van der Waals surface area contributed by atoms with E-state index in [4.69, 9.17) is 14.5 Å². The van der Waals surface area contributed by atoms with E-state index in [-0.39, 0.29) is 17.8 Å². The van der Waals surface area contributed by atoms with Crippen LogP contribution in [0.1, 0.15) is 18.4 Å². The Bertz CT molecular complexity index is 1140. The van der Waals surface area contributed by atoms with Crippen LogP contribution >= 0.6 is 11.8 Å². The van der Waals surface area contributed by atoms with Crippen LogP contribution < -0.4 is 10.1 Å². The SMILES string of the molecule is COc1ccc(-c2cc(-c3ccccc3)nc(SCC(=O)NCC3CCCO3)c2C#N)cc1. The fourth-order valence-electron chi connectivity index (χ4n) is 3.71. The van der Waals surface area contributed by atoms with Crippen molar-refractivity contribution in [1.29, 1.82) is 5.26 Å². The fraction of sp³-hybridized carbons (Fsp3) is 0.269. The minimum absolute atomic E-state index is 0.0924. The molecule has 1 saturated heterocycles. The average molecular weight is 460 g/mol. The maximum atomic E-state index is 12.4. The highest BCUT2D eigenvalue weighted by molar-refractivity contribution is 8.00. The van der Waals surface area contributed by atoms with Gasteiger partial charge in [-0.15, -0.1) is 0 Å². The predicted molar refractivity (Wildman–Crippen MR) is 129 cm³/mol. The smallest absolute Gasteiger partial charge is 0.230 e. The summed E-state index contributed by atoms with van der Waals surface area (Å²) in [7, 11) is 1.62. The normalized spacial score (nSPS) is 15.1. The van der Waals surface area contributed by atoms with Crippen molar-refractivity contribution >= 4 is 17.7 Å². The van der Waals surface area contributed by atoms with E-state index >= 15 is 0 Å². The second kappa shape index (κ2) is 11.0. The molecule has 7 heteroatoms. The summed E-state index contributed by atoms with van der Waals surface area (Å²) in [5, 5.41) is 13.5. The van der Waals surface area contributed by atoms with Crippen molar-refractivity contribution in [1.82, 2.24) is 10.3 Å². The Morgan fingerprint density at radius 3 is 2.67 bits per heavy atom. The van der Waals surface area contributed by atoms with Gasteiger partial charge in [0.15, 0.2) is 0 Å². The molecule has 2 aromatic carbocycles. The molecule has 1 aliphatic heterocycles. The summed E-state index contributed by atoms with van der Waals surface area (Å²) in [6, 6.07) is 21.6. The first-order valence-corrected chi connectivity index (χ1v) is 11.8. The average Bonchev–Trinajstić information content (AvgIpc) is 3.40. The number of benzene rings is 2. The Kier molecular flexibility index (Phi) is 7.61. The third-order valence-corrected chi connectivity index (χ3v) is 6.43. The summed E-state index contributed by atoms with van der Waals surface area (Å²) >= 11 is 1.28. The van der Waals surface area contributed by atoms with Gasteiger partial charge < -0.3 is 14.8 Å². The molecular weight excluding hydrogens is 434 g/mol. The molecule has 1 aliphatic rings. The van der Waals surface area contributed by atoms with E-state index in [1.165, 1.54) is 11.8 Å². The second-order valence-electron chi connectivity index (χ2n) is 7.67. The third-order valence-electron chi connectivity index (χ3n) is 5.46. The molecule has 1 fully saturated rings. The first kappa shape index (κ1) is 22.8. The molecule has 33 heavy (non-hydrogen) atoms. The molecule has 6 nitrogen and oxygen atoms in total. The lowest BCUT2D eigenvalue weighted by molar-refractivity contribution is -0.119. The number of pyridine rings is 1. The highest BCUT2D eigenvalue weighted by Gasteiger charge is 2.19. The first-order valence-electron chi connectivity index (χ1n) is 10.8. The van der Waals surface area contributed by atoms with Crippen LogP contribution in [0.4, 0.5) is 0 Å². The van der Waals surface area contributed by atoms with E-state index in [1.807, 2.05) is 60.7 Å². The summed E-state index contributed by atoms with van der Waals surface area (Å²) in [5.74, 6) is 0.818. The van der Waals surface area contributed by atoms with E-state index in [1.54, 1.807) is 7.11 Å². The number of carbonyl (C=O) groups is 1. The zero-order valence-electron chi connectivity index (χ0n) is 18.4. The van der Waals surface area contributed by atoms with Gasteiger partial charge in [-0.3, -0.25) is 4.79 Å². The van der Waals surface area contributed by atoms with Crippen molar-refractivity contribution in [2.24, 2.45) is 0 Å². The van der Waals surface area contributed by atoms with Crippen LogP contribution in [-0.4, -0.2) is 43.0 Å². The first-order chi connectivity index (χ1) is 16.2. The summed E-state index contributed by atoms with van der Waals surface area (Å²) in [4.78, 5) is 17.2. The zero-order chi connectivity index (χ0) is 23.0. The number of hydrogen-bond acceptors (Lipinski definition) is 6. The third kappa shape index (κ3) is 5.72. The number of nitrogens with one attached hydrogen (secondary N) is 1. The molecule has 1 unspecified atom stereocenters. The number of nitrogens with zero attached hydrogens (tertiary/aromatic N) is 2. The van der Waals surface area contributed by atoms with Crippen LogP contribution in [0.15, 0.2) is 65.7 Å². The topological polar surface area (TPSA) is 84.2 Å². The van der Waals surface area contributed by atoms with Gasteiger partial charge in [0.1, 0.15) is 16.8 Å². The van der Waals surface area contributed by atoms with E-state index < -0.39 is 0 Å². The van der Waals surface area contributed by atoms with E-state index in [0.29, 0.717) is 17.1 Å². The minimum Gasteiger partial charge on any atom is -0.497 e. The molecule has 0 saturated carbocycles. The Hall–Kier alpha value is -3.34. The van der Waals surface area contributed by atoms with Crippen molar-refractivity contribution in [3.8, 4) is 34.2 Å². The highest BCUT2D eigenvalue weighted by Crippen LogP contribution is 2.34. The van der Waals surface area contributed by atoms with E-state index in [0.717, 1.165) is 47.6 Å². The van der Waals surface area contributed by atoms with Gasteiger partial charge in [-0.05, 0) is 36.6 Å². The molecule has 168 valence electrons. The van der Waals surface area contributed by atoms with Crippen molar-refractivity contribution in [3.05, 3.63) is 66.2 Å². The molecular formula is C26H25N3O3S. The number of amides is 1. The summed E-state index contributed by atoms with van der Waals surface area (Å²) in [5.41, 5.74) is 3.81. The second-order valence-corrected chi connectivity index (χ2v) is 8.63. The number of thioether (sulfide) groups is 1. The minimum atomic E-state index is -0.0997.